The first-order valence-electron chi connectivity index (χ1n) is 6.53. The van der Waals surface area contributed by atoms with Gasteiger partial charge in [-0.1, -0.05) is 44.0 Å². The zero-order chi connectivity index (χ0) is 16.7. The predicted molar refractivity (Wildman–Crippen MR) is 89.2 cm³/mol. The maximum absolute atomic E-state index is 12.7. The molecule has 0 spiro atoms. The molecule has 0 aliphatic rings. The van der Waals surface area contributed by atoms with Gasteiger partial charge in [-0.2, -0.15) is 5.10 Å². The molecular weight excluding hydrogens is 345 g/mol. The average Bonchev–Trinajstić information content (AvgIpc) is 2.76. The van der Waals surface area contributed by atoms with E-state index in [1.54, 1.807) is 13.1 Å². The molecule has 8 heteroatoms. The molecule has 22 heavy (non-hydrogen) atoms. The maximum atomic E-state index is 12.7. The lowest BCUT2D eigenvalue weighted by Gasteiger charge is -2.18. The third-order valence-corrected chi connectivity index (χ3v) is 4.88. The smallest absolute Gasteiger partial charge is 0.265 e. The van der Waals surface area contributed by atoms with E-state index in [1.165, 1.54) is 23.0 Å². The molecule has 0 amide bonds. The van der Waals surface area contributed by atoms with Crippen molar-refractivity contribution in [2.75, 3.05) is 4.72 Å². The van der Waals surface area contributed by atoms with Gasteiger partial charge in [0, 0.05) is 23.7 Å². The van der Waals surface area contributed by atoms with E-state index in [0.29, 0.717) is 10.7 Å². The molecule has 2 aromatic rings. The maximum Gasteiger partial charge on any atom is 0.265 e. The molecule has 1 aromatic heterocycles. The molecule has 0 saturated heterocycles. The monoisotopic (exact) mass is 361 g/mol. The van der Waals surface area contributed by atoms with E-state index >= 15 is 0 Å². The van der Waals surface area contributed by atoms with Crippen molar-refractivity contribution in [3.8, 4) is 0 Å². The summed E-state index contributed by atoms with van der Waals surface area (Å²) in [6.07, 6.45) is 1.48. The molecule has 2 rings (SSSR count). The van der Waals surface area contributed by atoms with Crippen LogP contribution in [0.25, 0.3) is 0 Å². The van der Waals surface area contributed by atoms with E-state index in [1.807, 2.05) is 20.8 Å². The standard InChI is InChI=1S/C14H17Cl2N3O2S/c1-14(2,3)13-12(8-19(4)17-13)22(20,21)18-11-6-5-9(15)7-10(11)16/h5-8,18H,1-4H3. The molecule has 0 radical (unpaired) electrons. The summed E-state index contributed by atoms with van der Waals surface area (Å²) >= 11 is 11.8. The molecule has 0 aliphatic carbocycles. The Morgan fingerprint density at radius 3 is 2.41 bits per heavy atom. The number of aromatic nitrogens is 2. The SMILES string of the molecule is Cn1cc(S(=O)(=O)Nc2ccc(Cl)cc2Cl)c(C(C)(C)C)n1. The van der Waals surface area contributed by atoms with Gasteiger partial charge in [-0.05, 0) is 18.2 Å². The average molecular weight is 362 g/mol. The van der Waals surface area contributed by atoms with E-state index in [0.717, 1.165) is 0 Å². The number of halogens is 2. The van der Waals surface area contributed by atoms with E-state index < -0.39 is 15.4 Å². The van der Waals surface area contributed by atoms with Gasteiger partial charge in [-0.3, -0.25) is 9.40 Å². The van der Waals surface area contributed by atoms with Crippen molar-refractivity contribution >= 4 is 38.9 Å². The van der Waals surface area contributed by atoms with Crippen molar-refractivity contribution in [2.45, 2.75) is 31.1 Å². The number of benzene rings is 1. The van der Waals surface area contributed by atoms with E-state index in [2.05, 4.69) is 9.82 Å². The van der Waals surface area contributed by atoms with Gasteiger partial charge < -0.3 is 0 Å². The third kappa shape index (κ3) is 3.56. The molecule has 0 unspecified atom stereocenters. The first kappa shape index (κ1) is 17.1. The van der Waals surface area contributed by atoms with Gasteiger partial charge in [-0.25, -0.2) is 8.42 Å². The van der Waals surface area contributed by atoms with Crippen molar-refractivity contribution in [3.05, 3.63) is 40.1 Å². The summed E-state index contributed by atoms with van der Waals surface area (Å²) in [5.41, 5.74) is 0.358. The van der Waals surface area contributed by atoms with Crippen LogP contribution in [0.3, 0.4) is 0 Å². The van der Waals surface area contributed by atoms with Gasteiger partial charge in [0.15, 0.2) is 0 Å². The quantitative estimate of drug-likeness (QED) is 0.903. The summed E-state index contributed by atoms with van der Waals surface area (Å²) in [5.74, 6) is 0. The second-order valence-electron chi connectivity index (χ2n) is 6.00. The number of hydrogen-bond acceptors (Lipinski definition) is 3. The molecule has 1 aromatic carbocycles. The Hall–Kier alpha value is -1.24. The Morgan fingerprint density at radius 1 is 1.23 bits per heavy atom. The van der Waals surface area contributed by atoms with Crippen LogP contribution in [-0.4, -0.2) is 18.2 Å². The zero-order valence-corrected chi connectivity index (χ0v) is 15.0. The van der Waals surface area contributed by atoms with Crippen LogP contribution in [0.5, 0.6) is 0 Å². The minimum Gasteiger partial charge on any atom is -0.278 e. The zero-order valence-electron chi connectivity index (χ0n) is 12.7. The summed E-state index contributed by atoms with van der Waals surface area (Å²) < 4.78 is 29.3. The Kier molecular flexibility index (Phi) is 4.48. The van der Waals surface area contributed by atoms with Crippen LogP contribution in [0.1, 0.15) is 26.5 Å². The highest BCUT2D eigenvalue weighted by Gasteiger charge is 2.29. The van der Waals surface area contributed by atoms with Crippen molar-refractivity contribution in [2.24, 2.45) is 7.05 Å². The molecule has 120 valence electrons. The first-order chi connectivity index (χ1) is 10.0. The Bertz CT molecular complexity index is 808. The Morgan fingerprint density at radius 2 is 1.86 bits per heavy atom. The van der Waals surface area contributed by atoms with Gasteiger partial charge in [0.05, 0.1) is 16.4 Å². The summed E-state index contributed by atoms with van der Waals surface area (Å²) in [6, 6.07) is 4.57. The van der Waals surface area contributed by atoms with Crippen LogP contribution in [0.2, 0.25) is 10.0 Å². The highest BCUT2D eigenvalue weighted by molar-refractivity contribution is 7.92. The number of nitrogens with one attached hydrogen (secondary N) is 1. The molecular formula is C14H17Cl2N3O2S. The fraction of sp³-hybridized carbons (Fsp3) is 0.357. The topological polar surface area (TPSA) is 64.0 Å². The normalized spacial score (nSPS) is 12.5. The highest BCUT2D eigenvalue weighted by atomic mass is 35.5. The van der Waals surface area contributed by atoms with Crippen molar-refractivity contribution in [1.29, 1.82) is 0 Å². The van der Waals surface area contributed by atoms with E-state index in [9.17, 15) is 8.42 Å². The number of hydrogen-bond donors (Lipinski definition) is 1. The van der Waals surface area contributed by atoms with Crippen LogP contribution in [0.15, 0.2) is 29.3 Å². The highest BCUT2D eigenvalue weighted by Crippen LogP contribution is 2.31. The Labute approximate surface area is 140 Å². The van der Waals surface area contributed by atoms with Gasteiger partial charge in [0.1, 0.15) is 4.90 Å². The predicted octanol–water partition coefficient (Wildman–Crippen LogP) is 3.83. The van der Waals surface area contributed by atoms with E-state index in [-0.39, 0.29) is 15.6 Å². The lowest BCUT2D eigenvalue weighted by atomic mass is 9.92. The minimum absolute atomic E-state index is 0.133. The van der Waals surface area contributed by atoms with Crippen molar-refractivity contribution in [3.63, 3.8) is 0 Å². The van der Waals surface area contributed by atoms with Crippen LogP contribution >= 0.6 is 23.2 Å². The van der Waals surface area contributed by atoms with Crippen LogP contribution in [-0.2, 0) is 22.5 Å². The second-order valence-corrected chi connectivity index (χ2v) is 8.49. The number of aryl methyl sites for hydroxylation is 1. The lowest BCUT2D eigenvalue weighted by Crippen LogP contribution is -2.20. The number of nitrogens with zero attached hydrogens (tertiary/aromatic N) is 2. The van der Waals surface area contributed by atoms with Gasteiger partial charge in [-0.15, -0.1) is 0 Å². The molecule has 0 saturated carbocycles. The lowest BCUT2D eigenvalue weighted by molar-refractivity contribution is 0.539. The third-order valence-electron chi connectivity index (χ3n) is 2.97. The molecule has 0 bridgehead atoms. The molecule has 5 nitrogen and oxygen atoms in total. The summed E-state index contributed by atoms with van der Waals surface area (Å²) in [6.45, 7) is 5.72. The summed E-state index contributed by atoms with van der Waals surface area (Å²) in [5, 5.41) is 4.94. The van der Waals surface area contributed by atoms with Gasteiger partial charge in [0.2, 0.25) is 0 Å². The van der Waals surface area contributed by atoms with Gasteiger partial charge in [0.25, 0.3) is 10.0 Å². The summed E-state index contributed by atoms with van der Waals surface area (Å²) in [4.78, 5) is 0.133. The molecule has 0 atom stereocenters. The number of anilines is 1. The fourth-order valence-electron chi connectivity index (χ4n) is 1.95. The van der Waals surface area contributed by atoms with Gasteiger partial charge >= 0.3 is 0 Å². The fourth-order valence-corrected chi connectivity index (χ4v) is 3.94. The largest absolute Gasteiger partial charge is 0.278 e. The molecule has 1 heterocycles. The van der Waals surface area contributed by atoms with Crippen LogP contribution in [0, 0.1) is 0 Å². The molecule has 0 fully saturated rings. The first-order valence-corrected chi connectivity index (χ1v) is 8.76. The molecule has 1 N–H and O–H groups in total. The van der Waals surface area contributed by atoms with Crippen molar-refractivity contribution in [1.82, 2.24) is 9.78 Å². The summed E-state index contributed by atoms with van der Waals surface area (Å²) in [7, 11) is -2.12. The van der Waals surface area contributed by atoms with Crippen LogP contribution in [0.4, 0.5) is 5.69 Å². The minimum atomic E-state index is -3.80. The second kappa shape index (κ2) is 5.76. The number of rotatable bonds is 3. The van der Waals surface area contributed by atoms with Crippen molar-refractivity contribution < 1.29 is 8.42 Å². The Balaban J connectivity index is 2.48. The molecule has 0 aliphatic heterocycles. The number of sulfonamides is 1. The van der Waals surface area contributed by atoms with Crippen LogP contribution < -0.4 is 4.72 Å². The van der Waals surface area contributed by atoms with E-state index in [4.69, 9.17) is 23.2 Å².